The van der Waals surface area contributed by atoms with Crippen LogP contribution in [0.4, 0.5) is 22.9 Å². The summed E-state index contributed by atoms with van der Waals surface area (Å²) in [7, 11) is 0. The van der Waals surface area contributed by atoms with Crippen LogP contribution >= 0.6 is 0 Å². The van der Waals surface area contributed by atoms with E-state index in [1.807, 2.05) is 102 Å². The highest BCUT2D eigenvalue weighted by Crippen LogP contribution is 2.62. The smallest absolute Gasteiger partial charge is 0.250 e. The van der Waals surface area contributed by atoms with Gasteiger partial charge in [-0.25, -0.2) is 9.99 Å². The number of para-hydroxylation sites is 4. The van der Waals surface area contributed by atoms with Gasteiger partial charge in [0.25, 0.3) is 0 Å². The maximum atomic E-state index is 15.0. The molecule has 216 valence electrons. The summed E-state index contributed by atoms with van der Waals surface area (Å²) in [5, 5.41) is 6.16. The summed E-state index contributed by atoms with van der Waals surface area (Å²) in [5.74, 6) is -0.393. The van der Waals surface area contributed by atoms with Gasteiger partial charge in [0.15, 0.2) is 11.6 Å². The second kappa shape index (κ2) is 9.47. The summed E-state index contributed by atoms with van der Waals surface area (Å²) in [5.41, 5.74) is 11.5. The van der Waals surface area contributed by atoms with Gasteiger partial charge in [0.05, 0.1) is 22.8 Å². The number of anilines is 4. The number of ketones is 1. The lowest BCUT2D eigenvalue weighted by atomic mass is 9.68. The van der Waals surface area contributed by atoms with E-state index in [1.54, 1.807) is 0 Å². The molecule has 2 saturated heterocycles. The van der Waals surface area contributed by atoms with Gasteiger partial charge in [0.2, 0.25) is 5.91 Å². The molecule has 2 fully saturated rings. The van der Waals surface area contributed by atoms with E-state index in [9.17, 15) is 4.79 Å². The molecule has 4 atom stereocenters. The van der Waals surface area contributed by atoms with Gasteiger partial charge in [-0.05, 0) is 49.7 Å². The van der Waals surface area contributed by atoms with Gasteiger partial charge in [-0.3, -0.25) is 14.5 Å². The number of rotatable bonds is 4. The predicted molar refractivity (Wildman–Crippen MR) is 171 cm³/mol. The van der Waals surface area contributed by atoms with Crippen LogP contribution < -0.4 is 21.3 Å². The molecular weight excluding hydrogens is 548 g/mol. The Kier molecular flexibility index (Phi) is 5.48. The van der Waals surface area contributed by atoms with Crippen molar-refractivity contribution in [1.82, 2.24) is 15.4 Å². The zero-order chi connectivity index (χ0) is 29.4. The van der Waals surface area contributed by atoms with E-state index in [1.165, 1.54) is 0 Å². The van der Waals surface area contributed by atoms with Crippen molar-refractivity contribution in [3.63, 3.8) is 0 Å². The van der Waals surface area contributed by atoms with Crippen LogP contribution in [0.5, 0.6) is 0 Å². The third kappa shape index (κ3) is 3.38. The van der Waals surface area contributed by atoms with Crippen LogP contribution in [-0.2, 0) is 10.3 Å². The molecule has 4 aromatic carbocycles. The maximum Gasteiger partial charge on any atom is 0.250 e. The Morgan fingerprint density at radius 3 is 2.50 bits per heavy atom. The number of Topliss-reactive ketones (excluding diaryl/α,β-unsaturated/α-hetero) is 1. The average molecular weight is 579 g/mol. The number of nitrogens with zero attached hydrogens (tertiary/aromatic N) is 3. The van der Waals surface area contributed by atoms with E-state index < -0.39 is 11.5 Å². The van der Waals surface area contributed by atoms with E-state index >= 15 is 4.79 Å². The minimum absolute atomic E-state index is 0.0242. The zero-order valence-corrected chi connectivity index (χ0v) is 23.9. The molecule has 3 N–H and O–H groups in total. The largest absolute Gasteiger partial charge is 0.324 e. The number of fused-ring (bicyclic) bond motifs is 6. The molecule has 0 aliphatic carbocycles. The Hall–Kier alpha value is -5.05. The van der Waals surface area contributed by atoms with Crippen molar-refractivity contribution in [2.45, 2.75) is 30.3 Å². The molecule has 1 aromatic heterocycles. The number of aromatic nitrogens is 1. The standard InChI is InChI=1S/C36H30N6O2/c43-33(22-11-2-1-3-12-22)32-31(30-19-10-20-41(30)36(32)25-14-5-7-16-27(25)38-35(36)44)24-21-23-13-4-6-15-26(23)37-34(24)42-29-18-9-8-17-28(29)39-40-42/h1-9,11-18,21,30-32,39-40H,10,19-20H2,(H,38,44). The van der Waals surface area contributed by atoms with Gasteiger partial charge in [-0.15, -0.1) is 5.53 Å². The lowest BCUT2D eigenvalue weighted by Gasteiger charge is -2.37. The van der Waals surface area contributed by atoms with Crippen molar-refractivity contribution < 1.29 is 9.59 Å². The van der Waals surface area contributed by atoms with Gasteiger partial charge in [0.1, 0.15) is 5.54 Å². The van der Waals surface area contributed by atoms with Crippen molar-refractivity contribution in [2.24, 2.45) is 5.92 Å². The minimum atomic E-state index is -1.13. The summed E-state index contributed by atoms with van der Waals surface area (Å²) >= 11 is 0. The first-order valence-corrected chi connectivity index (χ1v) is 15.2. The molecule has 4 aliphatic heterocycles. The van der Waals surface area contributed by atoms with Crippen molar-refractivity contribution in [3.05, 3.63) is 126 Å². The third-order valence-corrected chi connectivity index (χ3v) is 10.00. The van der Waals surface area contributed by atoms with Gasteiger partial charge >= 0.3 is 0 Å². The molecule has 5 aromatic rings. The highest BCUT2D eigenvalue weighted by molar-refractivity contribution is 6.12. The lowest BCUT2D eigenvalue weighted by molar-refractivity contribution is -0.127. The summed E-state index contributed by atoms with van der Waals surface area (Å²) in [6.45, 7) is 0.740. The summed E-state index contributed by atoms with van der Waals surface area (Å²) in [4.78, 5) is 37.1. The van der Waals surface area contributed by atoms with Gasteiger partial charge in [0, 0.05) is 39.7 Å². The van der Waals surface area contributed by atoms with Crippen LogP contribution in [0.25, 0.3) is 10.9 Å². The third-order valence-electron chi connectivity index (χ3n) is 10.00. The zero-order valence-electron chi connectivity index (χ0n) is 23.9. The number of benzene rings is 4. The maximum absolute atomic E-state index is 15.0. The fraction of sp³-hybridized carbons (Fsp3) is 0.194. The van der Waals surface area contributed by atoms with Gasteiger partial charge in [-0.1, -0.05) is 78.9 Å². The van der Waals surface area contributed by atoms with Gasteiger partial charge < -0.3 is 10.7 Å². The van der Waals surface area contributed by atoms with Crippen LogP contribution in [0.3, 0.4) is 0 Å². The number of carbonyl (C=O) groups excluding carboxylic acids is 2. The fourth-order valence-corrected chi connectivity index (χ4v) is 8.31. The van der Waals surface area contributed by atoms with Crippen molar-refractivity contribution >= 4 is 45.5 Å². The molecule has 8 heteroatoms. The second-order valence-corrected chi connectivity index (χ2v) is 12.1. The number of pyridine rings is 1. The molecular formula is C36H30N6O2. The van der Waals surface area contributed by atoms with E-state index in [0.717, 1.165) is 64.3 Å². The molecule has 4 unspecified atom stereocenters. The Morgan fingerprint density at radius 1 is 0.864 bits per heavy atom. The first-order valence-electron chi connectivity index (χ1n) is 15.2. The highest BCUT2D eigenvalue weighted by atomic mass is 16.2. The van der Waals surface area contributed by atoms with E-state index in [0.29, 0.717) is 5.56 Å². The molecule has 0 saturated carbocycles. The van der Waals surface area contributed by atoms with Crippen LogP contribution in [0.2, 0.25) is 0 Å². The van der Waals surface area contributed by atoms with E-state index in [2.05, 4.69) is 33.3 Å². The van der Waals surface area contributed by atoms with Crippen molar-refractivity contribution in [3.8, 4) is 0 Å². The van der Waals surface area contributed by atoms with Crippen LogP contribution in [-0.4, -0.2) is 34.2 Å². The van der Waals surface area contributed by atoms with E-state index in [-0.39, 0.29) is 23.7 Å². The molecule has 5 heterocycles. The van der Waals surface area contributed by atoms with Crippen LogP contribution in [0.1, 0.15) is 40.2 Å². The Balaban J connectivity index is 1.33. The molecule has 8 nitrogen and oxygen atoms in total. The number of amides is 1. The monoisotopic (exact) mass is 578 g/mol. The number of hydrazine groups is 2. The molecule has 1 spiro atoms. The topological polar surface area (TPSA) is 89.6 Å². The van der Waals surface area contributed by atoms with Gasteiger partial charge in [-0.2, -0.15) is 0 Å². The fourth-order valence-electron chi connectivity index (χ4n) is 8.31. The first-order chi connectivity index (χ1) is 21.7. The normalized spacial score (nSPS) is 25.1. The molecule has 1 amide bonds. The van der Waals surface area contributed by atoms with Crippen molar-refractivity contribution in [1.29, 1.82) is 0 Å². The number of hydrogen-bond acceptors (Lipinski definition) is 7. The molecule has 4 aliphatic rings. The highest BCUT2D eigenvalue weighted by Gasteiger charge is 2.69. The number of nitrogens with one attached hydrogen (secondary N) is 3. The Labute approximate surface area is 254 Å². The molecule has 9 rings (SSSR count). The average Bonchev–Trinajstić information content (AvgIpc) is 3.84. The number of hydrogen-bond donors (Lipinski definition) is 3. The SMILES string of the molecule is O=C(c1ccccc1)C1C(c2cc3ccccc3nc2N2NNc3ccccc32)C2CCCN2C12C(=O)Nc1ccccc12. The summed E-state index contributed by atoms with van der Waals surface area (Å²) < 4.78 is 0. The lowest BCUT2D eigenvalue weighted by Crippen LogP contribution is -2.52. The Bertz CT molecular complexity index is 1980. The Morgan fingerprint density at radius 2 is 1.61 bits per heavy atom. The summed E-state index contributed by atoms with van der Waals surface area (Å²) in [6, 6.07) is 35.7. The number of carbonyl (C=O) groups is 2. The second-order valence-electron chi connectivity index (χ2n) is 12.1. The van der Waals surface area contributed by atoms with Crippen LogP contribution in [0, 0.1) is 5.92 Å². The van der Waals surface area contributed by atoms with E-state index in [4.69, 9.17) is 4.98 Å². The predicted octanol–water partition coefficient (Wildman–Crippen LogP) is 6.13. The minimum Gasteiger partial charge on any atom is -0.324 e. The molecule has 0 radical (unpaired) electrons. The molecule has 44 heavy (non-hydrogen) atoms. The first kappa shape index (κ1) is 25.4. The van der Waals surface area contributed by atoms with Crippen molar-refractivity contribution in [2.75, 3.05) is 22.3 Å². The quantitative estimate of drug-likeness (QED) is 0.221. The van der Waals surface area contributed by atoms with Crippen LogP contribution in [0.15, 0.2) is 109 Å². The molecule has 0 bridgehead atoms. The summed E-state index contributed by atoms with van der Waals surface area (Å²) in [6.07, 6.45) is 1.84.